The molecule has 2 rings (SSSR count). The minimum atomic E-state index is -0.0673. The molecule has 0 saturated carbocycles. The summed E-state index contributed by atoms with van der Waals surface area (Å²) in [5.74, 6) is -0.0673. The zero-order valence-electron chi connectivity index (χ0n) is 6.74. The lowest BCUT2D eigenvalue weighted by Gasteiger charge is -2.02. The first-order valence-electron chi connectivity index (χ1n) is 3.80. The Morgan fingerprint density at radius 1 is 1.54 bits per heavy atom. The maximum absolute atomic E-state index is 11.2. The SMILES string of the molecule is O=C1CO[CH-][N+]1=c1cc[c-](Cl)cc1. The largest absolute Gasteiger partial charge is 0.357 e. The monoisotopic (exact) mass is 196 g/mol. The fraction of sp³-hybridized carbons (Fsp3) is 0.111. The average molecular weight is 197 g/mol. The maximum Gasteiger partial charge on any atom is 0.308 e. The van der Waals surface area contributed by atoms with Crippen molar-refractivity contribution < 1.29 is 9.53 Å². The van der Waals surface area contributed by atoms with Gasteiger partial charge in [0.05, 0.1) is 0 Å². The molecular formula is C9H7ClNO2-. The second-order valence-electron chi connectivity index (χ2n) is 2.66. The van der Waals surface area contributed by atoms with E-state index in [4.69, 9.17) is 16.3 Å². The molecule has 1 saturated heterocycles. The Kier molecular flexibility index (Phi) is 2.12. The Labute approximate surface area is 80.2 Å². The van der Waals surface area contributed by atoms with Gasteiger partial charge in [-0.1, -0.05) is 5.02 Å². The molecule has 1 aromatic carbocycles. The summed E-state index contributed by atoms with van der Waals surface area (Å²) in [7, 11) is 0. The van der Waals surface area contributed by atoms with Crippen molar-refractivity contribution in [1.82, 2.24) is 4.58 Å². The van der Waals surface area contributed by atoms with Crippen LogP contribution in [0, 0.1) is 6.73 Å². The molecule has 0 N–H and O–H groups in total. The minimum absolute atomic E-state index is 0.0673. The van der Waals surface area contributed by atoms with Gasteiger partial charge in [-0.2, -0.15) is 35.9 Å². The van der Waals surface area contributed by atoms with Crippen LogP contribution in [0.15, 0.2) is 24.3 Å². The molecule has 1 amide bonds. The molecule has 1 aliphatic rings. The summed E-state index contributed by atoms with van der Waals surface area (Å²) in [6, 6.07) is 7.00. The highest BCUT2D eigenvalue weighted by Gasteiger charge is 2.15. The molecule has 3 nitrogen and oxygen atoms in total. The number of hydrogen-bond donors (Lipinski definition) is 0. The average Bonchev–Trinajstić information content (AvgIpc) is 2.53. The number of halogens is 1. The van der Waals surface area contributed by atoms with Crippen LogP contribution >= 0.6 is 11.6 Å². The van der Waals surface area contributed by atoms with Crippen LogP contribution < -0.4 is 9.93 Å². The number of hydrogen-bond acceptors (Lipinski definition) is 2. The Bertz CT molecular complexity index is 388. The summed E-state index contributed by atoms with van der Waals surface area (Å²) in [4.78, 5) is 11.2. The molecule has 0 aromatic heterocycles. The summed E-state index contributed by atoms with van der Waals surface area (Å²) >= 11 is 5.71. The molecule has 0 spiro atoms. The smallest absolute Gasteiger partial charge is 0.308 e. The summed E-state index contributed by atoms with van der Waals surface area (Å²) in [6.45, 7) is 1.52. The van der Waals surface area contributed by atoms with Crippen molar-refractivity contribution in [2.75, 3.05) is 6.61 Å². The standard InChI is InChI=1S/C9H7ClNO2/c10-7-1-3-8(4-2-7)11-6-13-5-9(11)12/h1-4,6H,5H2/q-1. The van der Waals surface area contributed by atoms with E-state index in [0.717, 1.165) is 5.36 Å². The van der Waals surface area contributed by atoms with Crippen LogP contribution in [0.4, 0.5) is 0 Å². The van der Waals surface area contributed by atoms with E-state index < -0.39 is 0 Å². The summed E-state index contributed by atoms with van der Waals surface area (Å²) in [5.41, 5.74) is 0. The van der Waals surface area contributed by atoms with E-state index in [1.807, 2.05) is 0 Å². The van der Waals surface area contributed by atoms with Crippen LogP contribution in [0.2, 0.25) is 5.02 Å². The van der Waals surface area contributed by atoms with Crippen LogP contribution in [0.3, 0.4) is 0 Å². The molecule has 1 aliphatic heterocycles. The van der Waals surface area contributed by atoms with E-state index in [1.54, 1.807) is 24.3 Å². The number of rotatable bonds is 0. The lowest BCUT2D eigenvalue weighted by Crippen LogP contribution is -2.28. The van der Waals surface area contributed by atoms with Gasteiger partial charge in [0.1, 0.15) is 6.61 Å². The Morgan fingerprint density at radius 3 is 2.77 bits per heavy atom. The van der Waals surface area contributed by atoms with Gasteiger partial charge in [0.15, 0.2) is 6.73 Å². The van der Waals surface area contributed by atoms with Gasteiger partial charge in [-0.05, 0) is 0 Å². The summed E-state index contributed by atoms with van der Waals surface area (Å²) in [6.07, 6.45) is 0. The Balaban J connectivity index is 2.54. The van der Waals surface area contributed by atoms with Crippen LogP contribution in [-0.4, -0.2) is 12.5 Å². The van der Waals surface area contributed by atoms with Crippen molar-refractivity contribution in [2.45, 2.75) is 0 Å². The lowest BCUT2D eigenvalue weighted by molar-refractivity contribution is -0.120. The van der Waals surface area contributed by atoms with E-state index >= 15 is 0 Å². The number of benzene rings is 1. The van der Waals surface area contributed by atoms with Gasteiger partial charge in [0.25, 0.3) is 0 Å². The highest BCUT2D eigenvalue weighted by Crippen LogP contribution is 2.02. The highest BCUT2D eigenvalue weighted by atomic mass is 35.5. The number of ether oxygens (including phenoxy) is 1. The molecule has 1 aromatic rings. The fourth-order valence-electron chi connectivity index (χ4n) is 1.12. The number of nitrogens with zero attached hydrogens (tertiary/aromatic N) is 1. The molecule has 1 heterocycles. The van der Waals surface area contributed by atoms with E-state index in [2.05, 4.69) is 0 Å². The first kappa shape index (κ1) is 8.41. The van der Waals surface area contributed by atoms with Crippen molar-refractivity contribution >= 4 is 17.5 Å². The van der Waals surface area contributed by atoms with Gasteiger partial charge in [-0.25, -0.2) is 0 Å². The van der Waals surface area contributed by atoms with Crippen LogP contribution in [-0.2, 0) is 9.53 Å². The topological polar surface area (TPSA) is 29.3 Å². The molecule has 0 bridgehead atoms. The molecule has 0 atom stereocenters. The van der Waals surface area contributed by atoms with E-state index in [0.29, 0.717) is 5.02 Å². The third-order valence-corrected chi connectivity index (χ3v) is 2.01. The van der Waals surface area contributed by atoms with Crippen molar-refractivity contribution in [3.63, 3.8) is 0 Å². The van der Waals surface area contributed by atoms with Crippen LogP contribution in [0.25, 0.3) is 0 Å². The minimum Gasteiger partial charge on any atom is -0.357 e. The summed E-state index contributed by atoms with van der Waals surface area (Å²) < 4.78 is 6.33. The van der Waals surface area contributed by atoms with Gasteiger partial charge in [0, 0.05) is 5.36 Å². The normalized spacial score (nSPS) is 16.1. The molecule has 0 radical (unpaired) electrons. The van der Waals surface area contributed by atoms with Gasteiger partial charge in [-0.3, -0.25) is 9.37 Å². The zero-order valence-corrected chi connectivity index (χ0v) is 7.49. The van der Waals surface area contributed by atoms with Crippen molar-refractivity contribution in [1.29, 1.82) is 0 Å². The second-order valence-corrected chi connectivity index (χ2v) is 3.09. The van der Waals surface area contributed by atoms with Crippen molar-refractivity contribution in [3.05, 3.63) is 41.4 Å². The van der Waals surface area contributed by atoms with Gasteiger partial charge in [0.2, 0.25) is 0 Å². The first-order valence-corrected chi connectivity index (χ1v) is 4.18. The van der Waals surface area contributed by atoms with Gasteiger partial charge >= 0.3 is 5.91 Å². The van der Waals surface area contributed by atoms with Gasteiger partial charge in [-0.15, -0.1) is 0 Å². The first-order chi connectivity index (χ1) is 6.27. The fourth-order valence-corrected chi connectivity index (χ4v) is 1.24. The predicted octanol–water partition coefficient (Wildman–Crippen LogP) is 0.507. The van der Waals surface area contributed by atoms with E-state index in [1.165, 1.54) is 11.3 Å². The van der Waals surface area contributed by atoms with Crippen LogP contribution in [0.1, 0.15) is 0 Å². The molecule has 4 heteroatoms. The molecule has 0 unspecified atom stereocenters. The molecule has 13 heavy (non-hydrogen) atoms. The third-order valence-electron chi connectivity index (χ3n) is 1.76. The Morgan fingerprint density at radius 2 is 2.23 bits per heavy atom. The lowest BCUT2D eigenvalue weighted by atomic mass is 10.3. The number of carbonyl (C=O) groups excluding carboxylic acids is 1. The Hall–Kier alpha value is -1.19. The van der Waals surface area contributed by atoms with Crippen molar-refractivity contribution in [3.8, 4) is 0 Å². The maximum atomic E-state index is 11.2. The third kappa shape index (κ3) is 1.61. The number of carbonyl (C=O) groups is 1. The highest BCUT2D eigenvalue weighted by molar-refractivity contribution is 6.30. The van der Waals surface area contributed by atoms with Crippen molar-refractivity contribution in [2.24, 2.45) is 0 Å². The zero-order chi connectivity index (χ0) is 9.26. The number of amides is 1. The second kappa shape index (κ2) is 3.28. The van der Waals surface area contributed by atoms with Gasteiger partial charge < -0.3 is 4.74 Å². The quantitative estimate of drug-likeness (QED) is 0.447. The molecule has 68 valence electrons. The predicted molar refractivity (Wildman–Crippen MR) is 47.6 cm³/mol. The van der Waals surface area contributed by atoms with E-state index in [9.17, 15) is 4.79 Å². The summed E-state index contributed by atoms with van der Waals surface area (Å²) in [5, 5.41) is 1.42. The molecular weight excluding hydrogens is 190 g/mol. The molecule has 1 fully saturated rings. The molecule has 0 aliphatic carbocycles. The van der Waals surface area contributed by atoms with E-state index in [-0.39, 0.29) is 12.5 Å². The van der Waals surface area contributed by atoms with Crippen LogP contribution in [0.5, 0.6) is 0 Å².